The average molecular weight is 272 g/mol. The second-order valence-electron chi connectivity index (χ2n) is 5.00. The van der Waals surface area contributed by atoms with Crippen molar-refractivity contribution in [3.05, 3.63) is 34.9 Å². The predicted molar refractivity (Wildman–Crippen MR) is 75.9 cm³/mol. The number of carbonyl (C=O) groups excluding carboxylic acids is 1. The fraction of sp³-hybridized carbons (Fsp3) is 0.500. The van der Waals surface area contributed by atoms with E-state index in [2.05, 4.69) is 0 Å². The Kier molecular flexibility index (Phi) is 5.84. The molecule has 0 aromatic heterocycles. The zero-order valence-corrected chi connectivity index (χ0v) is 12.4. The van der Waals surface area contributed by atoms with Gasteiger partial charge in [-0.3, -0.25) is 4.79 Å². The SMILES string of the molecule is COC(=O)C(C)(C)[C@@H](N)c1c(C)cccc1C.Cl. The first kappa shape index (κ1) is 16.9. The van der Waals surface area contributed by atoms with Crippen molar-refractivity contribution >= 4 is 18.4 Å². The zero-order valence-electron chi connectivity index (χ0n) is 11.6. The molecule has 4 heteroatoms. The molecule has 0 radical (unpaired) electrons. The van der Waals surface area contributed by atoms with Gasteiger partial charge >= 0.3 is 5.97 Å². The van der Waals surface area contributed by atoms with Crippen LogP contribution in [0.5, 0.6) is 0 Å². The van der Waals surface area contributed by atoms with E-state index in [1.54, 1.807) is 0 Å². The van der Waals surface area contributed by atoms with Crippen molar-refractivity contribution in [2.75, 3.05) is 7.11 Å². The molecule has 3 nitrogen and oxygen atoms in total. The van der Waals surface area contributed by atoms with Crippen LogP contribution in [-0.4, -0.2) is 13.1 Å². The van der Waals surface area contributed by atoms with Crippen LogP contribution in [0.25, 0.3) is 0 Å². The van der Waals surface area contributed by atoms with Crippen LogP contribution in [0.3, 0.4) is 0 Å². The highest BCUT2D eigenvalue weighted by atomic mass is 35.5. The second-order valence-corrected chi connectivity index (χ2v) is 5.00. The fourth-order valence-electron chi connectivity index (χ4n) is 2.07. The van der Waals surface area contributed by atoms with Gasteiger partial charge < -0.3 is 10.5 Å². The van der Waals surface area contributed by atoms with E-state index in [1.165, 1.54) is 7.11 Å². The summed E-state index contributed by atoms with van der Waals surface area (Å²) in [6.07, 6.45) is 0. The topological polar surface area (TPSA) is 52.3 Å². The smallest absolute Gasteiger partial charge is 0.313 e. The lowest BCUT2D eigenvalue weighted by Gasteiger charge is -2.31. The first-order valence-electron chi connectivity index (χ1n) is 5.72. The summed E-state index contributed by atoms with van der Waals surface area (Å²) in [6.45, 7) is 7.65. The quantitative estimate of drug-likeness (QED) is 0.860. The molecule has 1 aromatic carbocycles. The van der Waals surface area contributed by atoms with Gasteiger partial charge in [-0.15, -0.1) is 12.4 Å². The fourth-order valence-corrected chi connectivity index (χ4v) is 2.07. The Morgan fingerprint density at radius 2 is 1.72 bits per heavy atom. The normalized spacial score (nSPS) is 12.6. The minimum absolute atomic E-state index is 0. The van der Waals surface area contributed by atoms with Crippen molar-refractivity contribution in [3.63, 3.8) is 0 Å². The summed E-state index contributed by atoms with van der Waals surface area (Å²) in [4.78, 5) is 11.8. The number of methoxy groups -OCH3 is 1. The number of hydrogen-bond donors (Lipinski definition) is 1. The van der Waals surface area contributed by atoms with Gasteiger partial charge in [0.05, 0.1) is 12.5 Å². The molecule has 0 heterocycles. The highest BCUT2D eigenvalue weighted by Gasteiger charge is 2.37. The molecule has 0 aliphatic heterocycles. The standard InChI is InChI=1S/C14H21NO2.ClH/c1-9-7-6-8-10(2)11(9)12(15)14(3,4)13(16)17-5;/h6-8,12H,15H2,1-5H3;1H/t12-;/m0./s1. The van der Waals surface area contributed by atoms with Gasteiger partial charge in [0.1, 0.15) is 0 Å². The number of hydrogen-bond acceptors (Lipinski definition) is 3. The van der Waals surface area contributed by atoms with E-state index in [0.29, 0.717) is 0 Å². The molecule has 0 aliphatic rings. The van der Waals surface area contributed by atoms with Crippen molar-refractivity contribution < 1.29 is 9.53 Å². The summed E-state index contributed by atoms with van der Waals surface area (Å²) in [7, 11) is 1.39. The third-order valence-electron chi connectivity index (χ3n) is 3.34. The van der Waals surface area contributed by atoms with Crippen molar-refractivity contribution in [1.82, 2.24) is 0 Å². The molecule has 0 aliphatic carbocycles. The Balaban J connectivity index is 0.00000289. The second kappa shape index (κ2) is 6.21. The summed E-state index contributed by atoms with van der Waals surface area (Å²) in [6, 6.07) is 5.65. The van der Waals surface area contributed by atoms with Crippen LogP contribution in [0.15, 0.2) is 18.2 Å². The van der Waals surface area contributed by atoms with Crippen molar-refractivity contribution in [2.24, 2.45) is 11.1 Å². The number of nitrogens with two attached hydrogens (primary N) is 1. The molecule has 0 saturated carbocycles. The summed E-state index contributed by atoms with van der Waals surface area (Å²) < 4.78 is 4.82. The number of rotatable bonds is 3. The first-order chi connectivity index (χ1) is 7.82. The van der Waals surface area contributed by atoms with E-state index in [4.69, 9.17) is 10.5 Å². The van der Waals surface area contributed by atoms with Crippen LogP contribution in [0.1, 0.15) is 36.6 Å². The number of aryl methyl sites for hydroxylation is 2. The lowest BCUT2D eigenvalue weighted by atomic mass is 9.78. The van der Waals surface area contributed by atoms with Gasteiger partial charge in [0.2, 0.25) is 0 Å². The summed E-state index contributed by atoms with van der Waals surface area (Å²) in [5.74, 6) is -0.285. The van der Waals surface area contributed by atoms with E-state index in [0.717, 1.165) is 16.7 Å². The maximum Gasteiger partial charge on any atom is 0.313 e. The van der Waals surface area contributed by atoms with Crippen molar-refractivity contribution in [2.45, 2.75) is 33.7 Å². The Hall–Kier alpha value is -1.06. The van der Waals surface area contributed by atoms with Crippen LogP contribution in [0, 0.1) is 19.3 Å². The molecule has 2 N–H and O–H groups in total. The van der Waals surface area contributed by atoms with E-state index in [-0.39, 0.29) is 24.4 Å². The lowest BCUT2D eigenvalue weighted by Crippen LogP contribution is -2.38. The number of carbonyl (C=O) groups is 1. The van der Waals surface area contributed by atoms with Crippen molar-refractivity contribution in [1.29, 1.82) is 0 Å². The van der Waals surface area contributed by atoms with Crippen LogP contribution >= 0.6 is 12.4 Å². The van der Waals surface area contributed by atoms with Gasteiger partial charge in [0, 0.05) is 6.04 Å². The van der Waals surface area contributed by atoms with E-state index in [9.17, 15) is 4.79 Å². The van der Waals surface area contributed by atoms with E-state index in [1.807, 2.05) is 45.9 Å². The largest absolute Gasteiger partial charge is 0.469 e. The molecular weight excluding hydrogens is 250 g/mol. The predicted octanol–water partition coefficient (Wildman–Crippen LogP) is 2.92. The molecule has 1 atom stereocenters. The molecule has 0 unspecified atom stereocenters. The van der Waals surface area contributed by atoms with Gasteiger partial charge in [-0.05, 0) is 44.4 Å². The highest BCUT2D eigenvalue weighted by Crippen LogP contribution is 2.35. The third kappa shape index (κ3) is 3.03. The number of ether oxygens (including phenoxy) is 1. The molecule has 1 aromatic rings. The summed E-state index contributed by atoms with van der Waals surface area (Å²) >= 11 is 0. The Morgan fingerprint density at radius 3 is 2.11 bits per heavy atom. The molecule has 0 fully saturated rings. The average Bonchev–Trinajstić information content (AvgIpc) is 2.27. The molecule has 102 valence electrons. The first-order valence-corrected chi connectivity index (χ1v) is 5.72. The minimum Gasteiger partial charge on any atom is -0.469 e. The van der Waals surface area contributed by atoms with E-state index < -0.39 is 5.41 Å². The molecule has 1 rings (SSSR count). The lowest BCUT2D eigenvalue weighted by molar-refractivity contribution is -0.152. The van der Waals surface area contributed by atoms with Gasteiger partial charge in [-0.25, -0.2) is 0 Å². The molecular formula is C14H22ClNO2. The molecule has 0 saturated heterocycles. The van der Waals surface area contributed by atoms with Crippen LogP contribution < -0.4 is 5.73 Å². The van der Waals surface area contributed by atoms with Crippen LogP contribution in [0.2, 0.25) is 0 Å². The number of esters is 1. The minimum atomic E-state index is -0.731. The van der Waals surface area contributed by atoms with Crippen LogP contribution in [-0.2, 0) is 9.53 Å². The Bertz CT molecular complexity index is 410. The van der Waals surface area contributed by atoms with Gasteiger partial charge in [0.25, 0.3) is 0 Å². The highest BCUT2D eigenvalue weighted by molar-refractivity contribution is 5.85. The third-order valence-corrected chi connectivity index (χ3v) is 3.34. The van der Waals surface area contributed by atoms with Crippen LogP contribution in [0.4, 0.5) is 0 Å². The summed E-state index contributed by atoms with van der Waals surface area (Å²) in [5.41, 5.74) is 8.76. The van der Waals surface area contributed by atoms with Gasteiger partial charge in [0.15, 0.2) is 0 Å². The summed E-state index contributed by atoms with van der Waals surface area (Å²) in [5, 5.41) is 0. The van der Waals surface area contributed by atoms with E-state index >= 15 is 0 Å². The Labute approximate surface area is 115 Å². The molecule has 0 amide bonds. The molecule has 0 spiro atoms. The number of benzene rings is 1. The number of halogens is 1. The van der Waals surface area contributed by atoms with Crippen molar-refractivity contribution in [3.8, 4) is 0 Å². The maximum atomic E-state index is 11.8. The zero-order chi connectivity index (χ0) is 13.2. The van der Waals surface area contributed by atoms with Gasteiger partial charge in [-0.2, -0.15) is 0 Å². The molecule has 0 bridgehead atoms. The Morgan fingerprint density at radius 1 is 1.28 bits per heavy atom. The molecule has 18 heavy (non-hydrogen) atoms. The monoisotopic (exact) mass is 271 g/mol. The van der Waals surface area contributed by atoms with Gasteiger partial charge in [-0.1, -0.05) is 18.2 Å². The maximum absolute atomic E-state index is 11.8.